The average molecular weight is 268 g/mol. The maximum atomic E-state index is 5.65. The second kappa shape index (κ2) is 5.45. The Morgan fingerprint density at radius 1 is 1.61 bits per heavy atom. The molecule has 0 aromatic carbocycles. The molecule has 2 unspecified atom stereocenters. The molecule has 3 N–H and O–H groups in total. The molecule has 0 radical (unpaired) electrons. The van der Waals surface area contributed by atoms with Gasteiger partial charge in [0.25, 0.3) is 0 Å². The van der Waals surface area contributed by atoms with Crippen LogP contribution in [0.1, 0.15) is 32.6 Å². The van der Waals surface area contributed by atoms with Crippen LogP contribution in [0.5, 0.6) is 0 Å². The molecule has 1 fully saturated rings. The molecule has 1 aliphatic rings. The lowest BCUT2D eigenvalue weighted by atomic mass is 9.75. The molecule has 1 aromatic heterocycles. The molecule has 0 bridgehead atoms. The summed E-state index contributed by atoms with van der Waals surface area (Å²) in [5.74, 6) is 1.42. The fraction of sp³-hybridized carbons (Fsp3) is 0.769. The van der Waals surface area contributed by atoms with Gasteiger partial charge in [-0.3, -0.25) is 0 Å². The molecule has 102 valence electrons. The van der Waals surface area contributed by atoms with Crippen LogP contribution in [0.3, 0.4) is 0 Å². The van der Waals surface area contributed by atoms with Crippen LogP contribution in [0.15, 0.2) is 6.07 Å². The minimum Gasteiger partial charge on any atom is -0.383 e. The number of nitrogens with zero attached hydrogens (tertiary/aromatic N) is 2. The molecule has 1 saturated carbocycles. The molecule has 0 saturated heterocycles. The summed E-state index contributed by atoms with van der Waals surface area (Å²) in [5, 5.41) is 4.59. The van der Waals surface area contributed by atoms with Crippen LogP contribution in [-0.4, -0.2) is 35.5 Å². The van der Waals surface area contributed by atoms with Crippen molar-refractivity contribution in [3.05, 3.63) is 6.07 Å². The minimum atomic E-state index is 0.274. The standard InChI is InChI=1S/C13H24N4S/c1-10-5-4-6-13(8-10,17(2)3)9-15-12-7-11(14)16-18-12/h7,10,15H,4-6,8-9H2,1-3H3,(H2,14,16). The van der Waals surface area contributed by atoms with Crippen LogP contribution in [-0.2, 0) is 0 Å². The third-order valence-electron chi connectivity index (χ3n) is 4.14. The van der Waals surface area contributed by atoms with E-state index in [-0.39, 0.29) is 5.54 Å². The van der Waals surface area contributed by atoms with Gasteiger partial charge in [0, 0.05) is 18.2 Å². The minimum absolute atomic E-state index is 0.274. The van der Waals surface area contributed by atoms with Crippen molar-refractivity contribution < 1.29 is 0 Å². The Bertz CT molecular complexity index is 390. The van der Waals surface area contributed by atoms with Gasteiger partial charge in [-0.05, 0) is 44.4 Å². The SMILES string of the molecule is CC1CCCC(CNc2cc(N)ns2)(N(C)C)C1. The first kappa shape index (κ1) is 13.6. The predicted molar refractivity (Wildman–Crippen MR) is 79.1 cm³/mol. The van der Waals surface area contributed by atoms with Crippen LogP contribution in [0, 0.1) is 5.92 Å². The molecule has 1 heterocycles. The highest BCUT2D eigenvalue weighted by atomic mass is 32.1. The number of anilines is 2. The van der Waals surface area contributed by atoms with Crippen molar-refractivity contribution in [1.82, 2.24) is 9.27 Å². The monoisotopic (exact) mass is 268 g/mol. The van der Waals surface area contributed by atoms with E-state index in [0.717, 1.165) is 17.5 Å². The lowest BCUT2D eigenvalue weighted by Crippen LogP contribution is -2.52. The molecular weight excluding hydrogens is 244 g/mol. The van der Waals surface area contributed by atoms with Gasteiger partial charge < -0.3 is 16.0 Å². The Morgan fingerprint density at radius 3 is 2.94 bits per heavy atom. The van der Waals surface area contributed by atoms with Gasteiger partial charge in [-0.15, -0.1) is 0 Å². The highest BCUT2D eigenvalue weighted by Crippen LogP contribution is 2.36. The van der Waals surface area contributed by atoms with E-state index in [1.54, 1.807) is 0 Å². The van der Waals surface area contributed by atoms with Crippen LogP contribution in [0.4, 0.5) is 10.8 Å². The van der Waals surface area contributed by atoms with Gasteiger partial charge in [0.2, 0.25) is 0 Å². The molecule has 0 spiro atoms. The highest BCUT2D eigenvalue weighted by molar-refractivity contribution is 7.10. The summed E-state index contributed by atoms with van der Waals surface area (Å²) in [6.45, 7) is 3.34. The average Bonchev–Trinajstić information content (AvgIpc) is 2.72. The number of hydrogen-bond donors (Lipinski definition) is 2. The van der Waals surface area contributed by atoms with Crippen molar-refractivity contribution in [2.75, 3.05) is 31.7 Å². The molecule has 0 amide bonds. The smallest absolute Gasteiger partial charge is 0.139 e. The van der Waals surface area contributed by atoms with E-state index in [4.69, 9.17) is 5.73 Å². The van der Waals surface area contributed by atoms with Crippen LogP contribution in [0.25, 0.3) is 0 Å². The summed E-state index contributed by atoms with van der Waals surface area (Å²) in [5.41, 5.74) is 5.93. The van der Waals surface area contributed by atoms with Gasteiger partial charge in [0.05, 0.1) is 0 Å². The number of hydrogen-bond acceptors (Lipinski definition) is 5. The molecule has 0 aliphatic heterocycles. The Kier molecular flexibility index (Phi) is 4.12. The maximum absolute atomic E-state index is 5.65. The largest absolute Gasteiger partial charge is 0.383 e. The molecule has 1 aliphatic carbocycles. The van der Waals surface area contributed by atoms with Gasteiger partial charge in [0.15, 0.2) is 0 Å². The van der Waals surface area contributed by atoms with Crippen molar-refractivity contribution in [3.63, 3.8) is 0 Å². The zero-order valence-electron chi connectivity index (χ0n) is 11.6. The molecule has 5 heteroatoms. The Hall–Kier alpha value is -0.810. The Morgan fingerprint density at radius 2 is 2.39 bits per heavy atom. The summed E-state index contributed by atoms with van der Waals surface area (Å²) in [7, 11) is 4.39. The summed E-state index contributed by atoms with van der Waals surface area (Å²) in [6.07, 6.45) is 5.22. The van der Waals surface area contributed by atoms with E-state index in [9.17, 15) is 0 Å². The third-order valence-corrected chi connectivity index (χ3v) is 4.90. The normalized spacial score (nSPS) is 28.6. The lowest BCUT2D eigenvalue weighted by Gasteiger charge is -2.45. The number of rotatable bonds is 4. The van der Waals surface area contributed by atoms with E-state index in [0.29, 0.717) is 5.82 Å². The number of aromatic nitrogens is 1. The summed E-state index contributed by atoms with van der Waals surface area (Å²) >= 11 is 1.44. The van der Waals surface area contributed by atoms with Gasteiger partial charge >= 0.3 is 0 Å². The molecule has 2 rings (SSSR count). The Balaban J connectivity index is 2.02. The number of nitrogens with two attached hydrogens (primary N) is 1. The number of nitrogen functional groups attached to an aromatic ring is 1. The van der Waals surface area contributed by atoms with E-state index in [1.165, 1.54) is 37.2 Å². The second-order valence-electron chi connectivity index (χ2n) is 5.79. The van der Waals surface area contributed by atoms with Gasteiger partial charge in [0.1, 0.15) is 10.8 Å². The first-order valence-electron chi connectivity index (χ1n) is 6.65. The molecule has 1 aromatic rings. The number of likely N-dealkylation sites (N-methyl/N-ethyl adjacent to an activating group) is 1. The second-order valence-corrected chi connectivity index (χ2v) is 6.59. The molecular formula is C13H24N4S. The summed E-state index contributed by atoms with van der Waals surface area (Å²) < 4.78 is 4.11. The van der Waals surface area contributed by atoms with Crippen molar-refractivity contribution in [2.24, 2.45) is 5.92 Å². The highest BCUT2D eigenvalue weighted by Gasteiger charge is 2.36. The first-order chi connectivity index (χ1) is 8.52. The van der Waals surface area contributed by atoms with E-state index < -0.39 is 0 Å². The molecule has 2 atom stereocenters. The lowest BCUT2D eigenvalue weighted by molar-refractivity contribution is 0.0883. The summed E-state index contributed by atoms with van der Waals surface area (Å²) in [6, 6.07) is 1.92. The van der Waals surface area contributed by atoms with E-state index in [2.05, 4.69) is 35.6 Å². The van der Waals surface area contributed by atoms with E-state index in [1.807, 2.05) is 6.07 Å². The third kappa shape index (κ3) is 2.95. The zero-order chi connectivity index (χ0) is 13.2. The summed E-state index contributed by atoms with van der Waals surface area (Å²) in [4.78, 5) is 2.39. The van der Waals surface area contributed by atoms with Gasteiger partial charge in [-0.2, -0.15) is 4.37 Å². The first-order valence-corrected chi connectivity index (χ1v) is 7.43. The van der Waals surface area contributed by atoms with Crippen molar-refractivity contribution in [1.29, 1.82) is 0 Å². The van der Waals surface area contributed by atoms with Crippen LogP contribution in [0.2, 0.25) is 0 Å². The molecule has 18 heavy (non-hydrogen) atoms. The van der Waals surface area contributed by atoms with Gasteiger partial charge in [-0.1, -0.05) is 19.8 Å². The van der Waals surface area contributed by atoms with E-state index >= 15 is 0 Å². The van der Waals surface area contributed by atoms with Crippen LogP contribution >= 0.6 is 11.5 Å². The zero-order valence-corrected chi connectivity index (χ0v) is 12.4. The van der Waals surface area contributed by atoms with Crippen molar-refractivity contribution in [3.8, 4) is 0 Å². The van der Waals surface area contributed by atoms with Crippen LogP contribution < -0.4 is 11.1 Å². The topological polar surface area (TPSA) is 54.2 Å². The fourth-order valence-corrected chi connectivity index (χ4v) is 3.55. The van der Waals surface area contributed by atoms with Crippen molar-refractivity contribution in [2.45, 2.75) is 38.1 Å². The number of nitrogens with one attached hydrogen (secondary N) is 1. The quantitative estimate of drug-likeness (QED) is 0.881. The maximum Gasteiger partial charge on any atom is 0.139 e. The molecule has 4 nitrogen and oxygen atoms in total. The van der Waals surface area contributed by atoms with Gasteiger partial charge in [-0.25, -0.2) is 0 Å². The Labute approximate surface area is 114 Å². The van der Waals surface area contributed by atoms with Crippen molar-refractivity contribution >= 4 is 22.4 Å². The predicted octanol–water partition coefficient (Wildman–Crippen LogP) is 2.65. The fourth-order valence-electron chi connectivity index (χ4n) is 2.98.